The largest absolute Gasteiger partial charge is 0.358 e. The summed E-state index contributed by atoms with van der Waals surface area (Å²) < 4.78 is 0. The van der Waals surface area contributed by atoms with E-state index in [0.717, 1.165) is 25.9 Å². The zero-order valence-electron chi connectivity index (χ0n) is 10.9. The van der Waals surface area contributed by atoms with Gasteiger partial charge in [-0.2, -0.15) is 0 Å². The van der Waals surface area contributed by atoms with Gasteiger partial charge >= 0.3 is 0 Å². The van der Waals surface area contributed by atoms with Gasteiger partial charge in [-0.25, -0.2) is 0 Å². The lowest BCUT2D eigenvalue weighted by Gasteiger charge is -2.31. The van der Waals surface area contributed by atoms with Gasteiger partial charge in [0.25, 0.3) is 0 Å². The summed E-state index contributed by atoms with van der Waals surface area (Å²) in [5, 5.41) is 1.26. The number of nitrogens with two attached hydrogens (primary N) is 1. The van der Waals surface area contributed by atoms with Crippen LogP contribution in [0.5, 0.6) is 0 Å². The first-order chi connectivity index (χ1) is 9.28. The second kappa shape index (κ2) is 5.05. The van der Waals surface area contributed by atoms with Crippen LogP contribution in [-0.2, 0) is 4.79 Å². The first kappa shape index (κ1) is 12.2. The quantitative estimate of drug-likeness (QED) is 0.862. The highest BCUT2D eigenvalue weighted by atomic mass is 16.2. The maximum atomic E-state index is 11.5. The highest BCUT2D eigenvalue weighted by Crippen LogP contribution is 2.29. The van der Waals surface area contributed by atoms with E-state index in [1.165, 1.54) is 16.6 Å². The average molecular weight is 257 g/mol. The summed E-state index contributed by atoms with van der Waals surface area (Å²) in [6.45, 7) is 1.75. The molecule has 1 aromatic heterocycles. The number of rotatable bonds is 2. The molecule has 4 heteroatoms. The number of piperidine rings is 1. The highest BCUT2D eigenvalue weighted by molar-refractivity contribution is 5.80. The minimum absolute atomic E-state index is 0.0649. The Morgan fingerprint density at radius 3 is 2.74 bits per heavy atom. The first-order valence-corrected chi connectivity index (χ1v) is 6.83. The Labute approximate surface area is 112 Å². The van der Waals surface area contributed by atoms with E-state index in [1.807, 2.05) is 11.0 Å². The molecule has 0 atom stereocenters. The Hall–Kier alpha value is -1.81. The number of carbonyl (C=O) groups is 1. The SMILES string of the molecule is NCC(=O)N1CCC(c2cc3ccccc3[nH]2)CC1. The fourth-order valence-corrected chi connectivity index (χ4v) is 2.88. The summed E-state index contributed by atoms with van der Waals surface area (Å²) in [5.74, 6) is 0.587. The van der Waals surface area contributed by atoms with Crippen LogP contribution in [0.4, 0.5) is 0 Å². The van der Waals surface area contributed by atoms with Gasteiger partial charge in [-0.05, 0) is 30.4 Å². The number of nitrogens with zero attached hydrogens (tertiary/aromatic N) is 1. The molecule has 0 spiro atoms. The summed E-state index contributed by atoms with van der Waals surface area (Å²) in [4.78, 5) is 16.9. The molecule has 0 bridgehead atoms. The molecule has 0 aliphatic carbocycles. The molecule has 1 aromatic carbocycles. The molecule has 100 valence electrons. The fourth-order valence-electron chi connectivity index (χ4n) is 2.88. The van der Waals surface area contributed by atoms with Crippen molar-refractivity contribution in [2.75, 3.05) is 19.6 Å². The molecule has 1 fully saturated rings. The molecular formula is C15H19N3O. The van der Waals surface area contributed by atoms with Gasteiger partial charge in [0.05, 0.1) is 6.54 Å². The molecule has 1 aliphatic heterocycles. The number of likely N-dealkylation sites (tertiary alicyclic amines) is 1. The van der Waals surface area contributed by atoms with E-state index in [2.05, 4.69) is 29.2 Å². The molecule has 4 nitrogen and oxygen atoms in total. The number of hydrogen-bond donors (Lipinski definition) is 2. The molecule has 19 heavy (non-hydrogen) atoms. The lowest BCUT2D eigenvalue weighted by atomic mass is 9.93. The standard InChI is InChI=1S/C15H19N3O/c16-10-15(19)18-7-5-11(6-8-18)14-9-12-3-1-2-4-13(12)17-14/h1-4,9,11,17H,5-8,10,16H2. The van der Waals surface area contributed by atoms with Crippen molar-refractivity contribution in [2.45, 2.75) is 18.8 Å². The smallest absolute Gasteiger partial charge is 0.236 e. The van der Waals surface area contributed by atoms with E-state index in [0.29, 0.717) is 5.92 Å². The Kier molecular flexibility index (Phi) is 3.25. The topological polar surface area (TPSA) is 62.1 Å². The Morgan fingerprint density at radius 2 is 2.05 bits per heavy atom. The lowest BCUT2D eigenvalue weighted by molar-refractivity contribution is -0.130. The summed E-state index contributed by atoms with van der Waals surface area (Å²) in [6.07, 6.45) is 2.02. The molecular weight excluding hydrogens is 238 g/mol. The molecule has 3 N–H and O–H groups in total. The maximum Gasteiger partial charge on any atom is 0.236 e. The fraction of sp³-hybridized carbons (Fsp3) is 0.400. The minimum atomic E-state index is 0.0649. The predicted molar refractivity (Wildman–Crippen MR) is 75.9 cm³/mol. The number of carbonyl (C=O) groups excluding carboxylic acids is 1. The van der Waals surface area contributed by atoms with E-state index < -0.39 is 0 Å². The van der Waals surface area contributed by atoms with Gasteiger partial charge in [0.2, 0.25) is 5.91 Å². The Balaban J connectivity index is 1.72. The summed E-state index contributed by atoms with van der Waals surface area (Å²) in [5.41, 5.74) is 7.89. The molecule has 3 rings (SSSR count). The number of H-pyrrole nitrogens is 1. The van der Waals surface area contributed by atoms with Crippen LogP contribution in [0.3, 0.4) is 0 Å². The van der Waals surface area contributed by atoms with Crippen LogP contribution in [0.15, 0.2) is 30.3 Å². The van der Waals surface area contributed by atoms with Crippen molar-refractivity contribution in [1.29, 1.82) is 0 Å². The molecule has 0 radical (unpaired) electrons. The third kappa shape index (κ3) is 2.36. The summed E-state index contributed by atoms with van der Waals surface area (Å²) in [7, 11) is 0. The Bertz CT molecular complexity index is 549. The highest BCUT2D eigenvalue weighted by Gasteiger charge is 2.23. The van der Waals surface area contributed by atoms with E-state index in [9.17, 15) is 4.79 Å². The van der Waals surface area contributed by atoms with Gasteiger partial charge in [-0.15, -0.1) is 0 Å². The maximum absolute atomic E-state index is 11.5. The summed E-state index contributed by atoms with van der Waals surface area (Å²) >= 11 is 0. The molecule has 0 saturated carbocycles. The third-order valence-electron chi connectivity index (χ3n) is 4.01. The number of fused-ring (bicyclic) bond motifs is 1. The van der Waals surface area contributed by atoms with Crippen molar-refractivity contribution in [2.24, 2.45) is 5.73 Å². The molecule has 1 amide bonds. The average Bonchev–Trinajstić information content (AvgIpc) is 2.90. The van der Waals surface area contributed by atoms with Crippen molar-refractivity contribution >= 4 is 16.8 Å². The van der Waals surface area contributed by atoms with Gasteiger partial charge in [0.15, 0.2) is 0 Å². The van der Waals surface area contributed by atoms with Crippen LogP contribution in [0.1, 0.15) is 24.5 Å². The molecule has 2 heterocycles. The lowest BCUT2D eigenvalue weighted by Crippen LogP contribution is -2.41. The predicted octanol–water partition coefficient (Wildman–Crippen LogP) is 1.83. The van der Waals surface area contributed by atoms with Crippen molar-refractivity contribution in [3.05, 3.63) is 36.0 Å². The monoisotopic (exact) mass is 257 g/mol. The number of para-hydroxylation sites is 1. The van der Waals surface area contributed by atoms with Gasteiger partial charge < -0.3 is 15.6 Å². The zero-order chi connectivity index (χ0) is 13.2. The minimum Gasteiger partial charge on any atom is -0.358 e. The van der Waals surface area contributed by atoms with E-state index in [4.69, 9.17) is 5.73 Å². The normalized spacial score (nSPS) is 17.0. The van der Waals surface area contributed by atoms with Crippen LogP contribution in [0.2, 0.25) is 0 Å². The van der Waals surface area contributed by atoms with Crippen LogP contribution in [0.25, 0.3) is 10.9 Å². The number of benzene rings is 1. The molecule has 1 saturated heterocycles. The van der Waals surface area contributed by atoms with Crippen LogP contribution in [0, 0.1) is 0 Å². The van der Waals surface area contributed by atoms with Gasteiger partial charge in [0, 0.05) is 30.2 Å². The van der Waals surface area contributed by atoms with Crippen molar-refractivity contribution in [3.63, 3.8) is 0 Å². The summed E-state index contributed by atoms with van der Waals surface area (Å²) in [6, 6.07) is 10.6. The number of hydrogen-bond acceptors (Lipinski definition) is 2. The van der Waals surface area contributed by atoms with Gasteiger partial charge in [0.1, 0.15) is 0 Å². The van der Waals surface area contributed by atoms with Crippen molar-refractivity contribution in [3.8, 4) is 0 Å². The molecule has 2 aromatic rings. The second-order valence-corrected chi connectivity index (χ2v) is 5.17. The second-order valence-electron chi connectivity index (χ2n) is 5.17. The zero-order valence-corrected chi connectivity index (χ0v) is 10.9. The van der Waals surface area contributed by atoms with Crippen molar-refractivity contribution in [1.82, 2.24) is 9.88 Å². The van der Waals surface area contributed by atoms with Crippen molar-refractivity contribution < 1.29 is 4.79 Å². The number of amides is 1. The van der Waals surface area contributed by atoms with E-state index >= 15 is 0 Å². The number of aromatic nitrogens is 1. The van der Waals surface area contributed by atoms with E-state index in [-0.39, 0.29) is 12.5 Å². The molecule has 1 aliphatic rings. The van der Waals surface area contributed by atoms with E-state index in [1.54, 1.807) is 0 Å². The van der Waals surface area contributed by atoms with Gasteiger partial charge in [-0.1, -0.05) is 18.2 Å². The van der Waals surface area contributed by atoms with Crippen LogP contribution in [-0.4, -0.2) is 35.4 Å². The Morgan fingerprint density at radius 1 is 1.32 bits per heavy atom. The van der Waals surface area contributed by atoms with Crippen LogP contribution >= 0.6 is 0 Å². The van der Waals surface area contributed by atoms with Crippen LogP contribution < -0.4 is 5.73 Å². The molecule has 0 unspecified atom stereocenters. The van der Waals surface area contributed by atoms with Gasteiger partial charge in [-0.3, -0.25) is 4.79 Å². The number of aromatic amines is 1. The third-order valence-corrected chi connectivity index (χ3v) is 4.01. The number of nitrogens with one attached hydrogen (secondary N) is 1. The first-order valence-electron chi connectivity index (χ1n) is 6.83.